The quantitative estimate of drug-likeness (QED) is 0.693. The summed E-state index contributed by atoms with van der Waals surface area (Å²) in [5.41, 5.74) is 0. The molecule has 0 radical (unpaired) electrons. The second kappa shape index (κ2) is 7.45. The lowest BCUT2D eigenvalue weighted by atomic mass is 10.2. The Bertz CT molecular complexity index is 247. The van der Waals surface area contributed by atoms with Gasteiger partial charge in [-0.1, -0.05) is 13.0 Å². The van der Waals surface area contributed by atoms with Crippen molar-refractivity contribution in [1.82, 2.24) is 15.1 Å². The van der Waals surface area contributed by atoms with Gasteiger partial charge in [-0.25, -0.2) is 0 Å². The molecule has 0 aliphatic carbocycles. The van der Waals surface area contributed by atoms with Gasteiger partial charge >= 0.3 is 0 Å². The molecule has 1 N–H and O–H groups in total. The number of carbonyl (C=O) groups is 1. The van der Waals surface area contributed by atoms with E-state index >= 15 is 0 Å². The minimum atomic E-state index is -0.0290. The predicted molar refractivity (Wildman–Crippen MR) is 71.0 cm³/mol. The van der Waals surface area contributed by atoms with Crippen molar-refractivity contribution in [3.63, 3.8) is 0 Å². The maximum Gasteiger partial charge on any atom is 0.237 e. The van der Waals surface area contributed by atoms with Gasteiger partial charge in [0.1, 0.15) is 0 Å². The Morgan fingerprint density at radius 1 is 1.41 bits per heavy atom. The Labute approximate surface area is 105 Å². The molecule has 17 heavy (non-hydrogen) atoms. The van der Waals surface area contributed by atoms with Crippen LogP contribution in [-0.2, 0) is 4.79 Å². The summed E-state index contributed by atoms with van der Waals surface area (Å²) in [4.78, 5) is 16.5. The summed E-state index contributed by atoms with van der Waals surface area (Å²) >= 11 is 0. The van der Waals surface area contributed by atoms with E-state index in [0.29, 0.717) is 6.54 Å². The number of carbonyl (C=O) groups excluding carboxylic acids is 1. The zero-order chi connectivity index (χ0) is 12.7. The topological polar surface area (TPSA) is 35.6 Å². The van der Waals surface area contributed by atoms with Crippen LogP contribution in [0.4, 0.5) is 0 Å². The number of amides is 1. The van der Waals surface area contributed by atoms with Crippen LogP contribution in [-0.4, -0.2) is 61.0 Å². The summed E-state index contributed by atoms with van der Waals surface area (Å²) in [5.74, 6) is 0.105. The zero-order valence-corrected chi connectivity index (χ0v) is 11.1. The molecule has 4 heteroatoms. The molecule has 1 heterocycles. The minimum absolute atomic E-state index is 0.0290. The fourth-order valence-corrected chi connectivity index (χ4v) is 2.18. The molecular formula is C13H25N3O. The van der Waals surface area contributed by atoms with Gasteiger partial charge in [0, 0.05) is 32.7 Å². The highest BCUT2D eigenvalue weighted by atomic mass is 16.2. The van der Waals surface area contributed by atoms with E-state index in [0.717, 1.165) is 26.2 Å². The molecular weight excluding hydrogens is 214 g/mol. The number of piperazine rings is 1. The number of nitrogens with one attached hydrogen (secondary N) is 1. The van der Waals surface area contributed by atoms with Crippen molar-refractivity contribution in [3.05, 3.63) is 12.7 Å². The van der Waals surface area contributed by atoms with E-state index in [2.05, 4.69) is 28.6 Å². The van der Waals surface area contributed by atoms with E-state index in [1.165, 1.54) is 13.0 Å². The summed E-state index contributed by atoms with van der Waals surface area (Å²) in [5, 5.41) is 2.85. The van der Waals surface area contributed by atoms with E-state index in [4.69, 9.17) is 0 Å². The monoisotopic (exact) mass is 239 g/mol. The first-order chi connectivity index (χ1) is 8.19. The first-order valence-electron chi connectivity index (χ1n) is 6.54. The zero-order valence-electron chi connectivity index (χ0n) is 11.1. The first-order valence-corrected chi connectivity index (χ1v) is 6.54. The van der Waals surface area contributed by atoms with E-state index in [1.54, 1.807) is 6.08 Å². The Morgan fingerprint density at radius 3 is 2.59 bits per heavy atom. The first kappa shape index (κ1) is 14.2. The second-order valence-electron chi connectivity index (χ2n) is 4.59. The maximum absolute atomic E-state index is 11.8. The van der Waals surface area contributed by atoms with Gasteiger partial charge in [0.15, 0.2) is 0 Å². The molecule has 0 saturated carbocycles. The third-order valence-corrected chi connectivity index (χ3v) is 3.29. The fraction of sp³-hybridized carbons (Fsp3) is 0.769. The van der Waals surface area contributed by atoms with Crippen molar-refractivity contribution in [2.45, 2.75) is 26.3 Å². The highest BCUT2D eigenvalue weighted by molar-refractivity contribution is 5.81. The van der Waals surface area contributed by atoms with Gasteiger partial charge in [0.2, 0.25) is 5.91 Å². The van der Waals surface area contributed by atoms with Crippen molar-refractivity contribution in [3.8, 4) is 0 Å². The molecule has 0 aromatic heterocycles. The number of hydrogen-bond acceptors (Lipinski definition) is 3. The second-order valence-corrected chi connectivity index (χ2v) is 4.59. The molecule has 1 aliphatic rings. The minimum Gasteiger partial charge on any atom is -0.351 e. The molecule has 1 amide bonds. The van der Waals surface area contributed by atoms with Crippen LogP contribution >= 0.6 is 0 Å². The van der Waals surface area contributed by atoms with E-state index in [9.17, 15) is 4.79 Å². The van der Waals surface area contributed by atoms with E-state index in [-0.39, 0.29) is 11.9 Å². The van der Waals surface area contributed by atoms with Crippen LogP contribution < -0.4 is 5.32 Å². The maximum atomic E-state index is 11.8. The predicted octanol–water partition coefficient (Wildman–Crippen LogP) is 0.705. The van der Waals surface area contributed by atoms with Gasteiger partial charge in [-0.15, -0.1) is 6.58 Å². The Kier molecular flexibility index (Phi) is 6.22. The highest BCUT2D eigenvalue weighted by Crippen LogP contribution is 2.06. The Hall–Kier alpha value is -0.870. The number of hydrogen-bond donors (Lipinski definition) is 1. The lowest BCUT2D eigenvalue weighted by Gasteiger charge is -2.37. The summed E-state index contributed by atoms with van der Waals surface area (Å²) in [6.07, 6.45) is 2.92. The Morgan fingerprint density at radius 2 is 2.06 bits per heavy atom. The van der Waals surface area contributed by atoms with Crippen molar-refractivity contribution < 1.29 is 4.79 Å². The van der Waals surface area contributed by atoms with Gasteiger partial charge in [0.25, 0.3) is 0 Å². The van der Waals surface area contributed by atoms with Crippen molar-refractivity contribution in [2.75, 3.05) is 39.3 Å². The summed E-state index contributed by atoms with van der Waals surface area (Å²) < 4.78 is 0. The lowest BCUT2D eigenvalue weighted by molar-refractivity contribution is -0.126. The third kappa shape index (κ3) is 4.48. The molecule has 1 aliphatic heterocycles. The normalized spacial score (nSPS) is 19.9. The van der Waals surface area contributed by atoms with Crippen LogP contribution in [0.5, 0.6) is 0 Å². The molecule has 0 spiro atoms. The van der Waals surface area contributed by atoms with Gasteiger partial charge in [-0.2, -0.15) is 0 Å². The van der Waals surface area contributed by atoms with E-state index in [1.807, 2.05) is 6.92 Å². The molecule has 1 saturated heterocycles. The SMILES string of the molecule is C=CCNC(=O)C(C)N1CCN(CCC)CC1. The van der Waals surface area contributed by atoms with Crippen LogP contribution in [0.3, 0.4) is 0 Å². The molecule has 1 fully saturated rings. The molecule has 0 bridgehead atoms. The smallest absolute Gasteiger partial charge is 0.237 e. The van der Waals surface area contributed by atoms with Crippen LogP contribution in [0.25, 0.3) is 0 Å². The van der Waals surface area contributed by atoms with Crippen LogP contribution in [0.1, 0.15) is 20.3 Å². The summed E-state index contributed by atoms with van der Waals surface area (Å²) in [7, 11) is 0. The average molecular weight is 239 g/mol. The van der Waals surface area contributed by atoms with Gasteiger partial charge in [0.05, 0.1) is 6.04 Å². The highest BCUT2D eigenvalue weighted by Gasteiger charge is 2.24. The molecule has 1 rings (SSSR count). The van der Waals surface area contributed by atoms with Gasteiger partial charge in [-0.3, -0.25) is 9.69 Å². The Balaban J connectivity index is 2.32. The number of rotatable bonds is 6. The van der Waals surface area contributed by atoms with Gasteiger partial charge in [-0.05, 0) is 19.9 Å². The molecule has 1 atom stereocenters. The van der Waals surface area contributed by atoms with Gasteiger partial charge < -0.3 is 10.2 Å². The summed E-state index contributed by atoms with van der Waals surface area (Å²) in [6, 6.07) is -0.0290. The molecule has 4 nitrogen and oxygen atoms in total. The van der Waals surface area contributed by atoms with E-state index < -0.39 is 0 Å². The molecule has 98 valence electrons. The standard InChI is InChI=1S/C13H25N3O/c1-4-6-14-13(17)12(3)16-10-8-15(7-5-2)9-11-16/h4,12H,1,5-11H2,2-3H3,(H,14,17). The van der Waals surface area contributed by atoms with Crippen molar-refractivity contribution >= 4 is 5.91 Å². The third-order valence-electron chi connectivity index (χ3n) is 3.29. The van der Waals surface area contributed by atoms with Crippen molar-refractivity contribution in [2.24, 2.45) is 0 Å². The summed E-state index contributed by atoms with van der Waals surface area (Å²) in [6.45, 7) is 13.6. The van der Waals surface area contributed by atoms with Crippen LogP contribution in [0.15, 0.2) is 12.7 Å². The number of nitrogens with zero attached hydrogens (tertiary/aromatic N) is 2. The molecule has 1 unspecified atom stereocenters. The molecule has 0 aromatic rings. The van der Waals surface area contributed by atoms with Crippen LogP contribution in [0, 0.1) is 0 Å². The average Bonchev–Trinajstić information content (AvgIpc) is 2.36. The molecule has 0 aromatic carbocycles. The van der Waals surface area contributed by atoms with Crippen molar-refractivity contribution in [1.29, 1.82) is 0 Å². The van der Waals surface area contributed by atoms with Crippen LogP contribution in [0.2, 0.25) is 0 Å². The fourth-order valence-electron chi connectivity index (χ4n) is 2.18. The lowest BCUT2D eigenvalue weighted by Crippen LogP contribution is -2.53. The largest absolute Gasteiger partial charge is 0.351 e.